The molecular formula is C19H17FN2. The van der Waals surface area contributed by atoms with E-state index in [-0.39, 0.29) is 5.82 Å². The molecule has 2 heterocycles. The Morgan fingerprint density at radius 1 is 1.00 bits per heavy atom. The van der Waals surface area contributed by atoms with Gasteiger partial charge in [-0.05, 0) is 42.7 Å². The van der Waals surface area contributed by atoms with Gasteiger partial charge < -0.3 is 4.90 Å². The van der Waals surface area contributed by atoms with Gasteiger partial charge in [0.2, 0.25) is 0 Å². The molecule has 0 unspecified atom stereocenters. The molecule has 4 rings (SSSR count). The minimum Gasteiger partial charge on any atom is -0.357 e. The van der Waals surface area contributed by atoms with Gasteiger partial charge in [0, 0.05) is 36.7 Å². The minimum atomic E-state index is -0.213. The predicted octanol–water partition coefficient (Wildman–Crippen LogP) is 3.88. The molecule has 1 fully saturated rings. The molecule has 1 aromatic heterocycles. The van der Waals surface area contributed by atoms with Gasteiger partial charge in [0.1, 0.15) is 11.6 Å². The third-order valence-corrected chi connectivity index (χ3v) is 4.75. The van der Waals surface area contributed by atoms with Crippen LogP contribution >= 0.6 is 0 Å². The first kappa shape index (κ1) is 13.3. The van der Waals surface area contributed by atoms with Gasteiger partial charge in [-0.25, -0.2) is 9.37 Å². The van der Waals surface area contributed by atoms with Crippen molar-refractivity contribution >= 4 is 5.82 Å². The summed E-state index contributed by atoms with van der Waals surface area (Å²) in [6.45, 7) is 2.05. The molecule has 1 aliphatic heterocycles. The average molecular weight is 292 g/mol. The number of benzene rings is 1. The standard InChI is InChI=1S/C19H17FN2/c20-17-5-2-15(3-6-17)16-4-7-18(21-14-16)22-12-10-19(11-13-22)8-1-9-19/h2-7,14H,8,10-13H2. The number of anilines is 1. The highest BCUT2D eigenvalue weighted by atomic mass is 19.1. The van der Waals surface area contributed by atoms with Crippen LogP contribution in [0, 0.1) is 23.1 Å². The first-order valence-electron chi connectivity index (χ1n) is 7.71. The zero-order chi connectivity index (χ0) is 15.0. The normalized spacial score (nSPS) is 18.5. The largest absolute Gasteiger partial charge is 0.357 e. The van der Waals surface area contributed by atoms with Gasteiger partial charge in [0.25, 0.3) is 0 Å². The van der Waals surface area contributed by atoms with Gasteiger partial charge in [-0.2, -0.15) is 0 Å². The summed E-state index contributed by atoms with van der Waals surface area (Å²) >= 11 is 0. The maximum Gasteiger partial charge on any atom is 0.128 e. The Morgan fingerprint density at radius 2 is 1.68 bits per heavy atom. The lowest BCUT2D eigenvalue weighted by Gasteiger charge is -2.40. The Balaban J connectivity index is 1.48. The van der Waals surface area contributed by atoms with Crippen LogP contribution in [0.15, 0.2) is 42.6 Å². The summed E-state index contributed by atoms with van der Waals surface area (Å²) in [6.07, 6.45) is 5.22. The van der Waals surface area contributed by atoms with Crippen LogP contribution in [0.3, 0.4) is 0 Å². The molecule has 1 aromatic carbocycles. The van der Waals surface area contributed by atoms with Crippen LogP contribution in [0.5, 0.6) is 0 Å². The van der Waals surface area contributed by atoms with Crippen LogP contribution in [0.2, 0.25) is 0 Å². The lowest BCUT2D eigenvalue weighted by Crippen LogP contribution is -2.41. The van der Waals surface area contributed by atoms with Crippen molar-refractivity contribution < 1.29 is 4.39 Å². The van der Waals surface area contributed by atoms with Crippen LogP contribution in [-0.4, -0.2) is 18.1 Å². The number of aromatic nitrogens is 1. The fourth-order valence-corrected chi connectivity index (χ4v) is 3.19. The van der Waals surface area contributed by atoms with Crippen LogP contribution in [0.1, 0.15) is 19.3 Å². The van der Waals surface area contributed by atoms with Crippen molar-refractivity contribution in [2.75, 3.05) is 18.0 Å². The molecule has 1 spiro atoms. The Bertz CT molecular complexity index is 730. The van der Waals surface area contributed by atoms with E-state index >= 15 is 0 Å². The number of pyridine rings is 1. The SMILES string of the molecule is Fc1ccc(-c2ccc(N3CCC4(C#CC4)CC3)nc2)cc1. The predicted molar refractivity (Wildman–Crippen MR) is 85.9 cm³/mol. The molecule has 0 saturated carbocycles. The fourth-order valence-electron chi connectivity index (χ4n) is 3.19. The van der Waals surface area contributed by atoms with E-state index in [4.69, 9.17) is 0 Å². The van der Waals surface area contributed by atoms with Gasteiger partial charge in [-0.1, -0.05) is 18.1 Å². The van der Waals surface area contributed by atoms with Crippen LogP contribution in [0.25, 0.3) is 11.1 Å². The molecule has 0 radical (unpaired) electrons. The zero-order valence-corrected chi connectivity index (χ0v) is 12.3. The van der Waals surface area contributed by atoms with E-state index in [0.29, 0.717) is 5.41 Å². The van der Waals surface area contributed by atoms with Crippen molar-refractivity contribution in [1.29, 1.82) is 0 Å². The third-order valence-electron chi connectivity index (χ3n) is 4.75. The summed E-state index contributed by atoms with van der Waals surface area (Å²) in [6, 6.07) is 10.6. The lowest BCUT2D eigenvalue weighted by atomic mass is 9.71. The van der Waals surface area contributed by atoms with Crippen molar-refractivity contribution in [3.05, 3.63) is 48.4 Å². The number of nitrogens with zero attached hydrogens (tertiary/aromatic N) is 2. The summed E-state index contributed by atoms with van der Waals surface area (Å²) in [7, 11) is 0. The summed E-state index contributed by atoms with van der Waals surface area (Å²) in [5.41, 5.74) is 2.31. The van der Waals surface area contributed by atoms with Crippen molar-refractivity contribution in [1.82, 2.24) is 4.98 Å². The topological polar surface area (TPSA) is 16.1 Å². The van der Waals surface area contributed by atoms with Gasteiger partial charge in [-0.3, -0.25) is 0 Å². The molecule has 1 aliphatic carbocycles. The van der Waals surface area contributed by atoms with E-state index in [9.17, 15) is 4.39 Å². The number of hydrogen-bond donors (Lipinski definition) is 0. The highest BCUT2D eigenvalue weighted by Crippen LogP contribution is 2.39. The average Bonchev–Trinajstić information content (AvgIpc) is 2.55. The second kappa shape index (κ2) is 5.14. The smallest absolute Gasteiger partial charge is 0.128 e. The molecule has 2 aromatic rings. The molecule has 2 nitrogen and oxygen atoms in total. The van der Waals surface area contributed by atoms with E-state index in [1.54, 1.807) is 12.1 Å². The summed E-state index contributed by atoms with van der Waals surface area (Å²) in [5, 5.41) is 0. The third kappa shape index (κ3) is 2.35. The van der Waals surface area contributed by atoms with E-state index in [2.05, 4.69) is 33.9 Å². The second-order valence-electron chi connectivity index (χ2n) is 6.16. The molecular weight excluding hydrogens is 275 g/mol. The zero-order valence-electron chi connectivity index (χ0n) is 12.3. The first-order chi connectivity index (χ1) is 10.7. The van der Waals surface area contributed by atoms with E-state index in [1.807, 2.05) is 6.20 Å². The highest BCUT2D eigenvalue weighted by Gasteiger charge is 2.36. The molecule has 2 aliphatic rings. The minimum absolute atomic E-state index is 0.213. The molecule has 0 N–H and O–H groups in total. The first-order valence-corrected chi connectivity index (χ1v) is 7.71. The molecule has 3 heteroatoms. The van der Waals surface area contributed by atoms with Crippen molar-refractivity contribution in [2.24, 2.45) is 5.41 Å². The van der Waals surface area contributed by atoms with Gasteiger partial charge in [0.15, 0.2) is 0 Å². The summed E-state index contributed by atoms with van der Waals surface area (Å²) in [4.78, 5) is 6.92. The van der Waals surface area contributed by atoms with Gasteiger partial charge in [-0.15, -0.1) is 5.92 Å². The van der Waals surface area contributed by atoms with Crippen LogP contribution < -0.4 is 4.90 Å². The maximum absolute atomic E-state index is 13.0. The summed E-state index contributed by atoms with van der Waals surface area (Å²) in [5.74, 6) is 7.29. The quantitative estimate of drug-likeness (QED) is 0.781. The lowest BCUT2D eigenvalue weighted by molar-refractivity contribution is 0.298. The van der Waals surface area contributed by atoms with E-state index < -0.39 is 0 Å². The van der Waals surface area contributed by atoms with Gasteiger partial charge in [0.05, 0.1) is 0 Å². The maximum atomic E-state index is 13.0. The van der Waals surface area contributed by atoms with E-state index in [1.165, 1.54) is 12.1 Å². The van der Waals surface area contributed by atoms with E-state index in [0.717, 1.165) is 49.3 Å². The molecule has 0 atom stereocenters. The number of halogens is 1. The molecule has 22 heavy (non-hydrogen) atoms. The molecule has 1 saturated heterocycles. The van der Waals surface area contributed by atoms with Crippen molar-refractivity contribution in [3.8, 4) is 23.0 Å². The fraction of sp³-hybridized carbons (Fsp3) is 0.316. The summed E-state index contributed by atoms with van der Waals surface area (Å²) < 4.78 is 13.0. The van der Waals surface area contributed by atoms with Crippen LogP contribution in [0.4, 0.5) is 10.2 Å². The number of rotatable bonds is 2. The monoisotopic (exact) mass is 292 g/mol. The highest BCUT2D eigenvalue weighted by molar-refractivity contribution is 5.63. The number of hydrogen-bond acceptors (Lipinski definition) is 2. The Labute approximate surface area is 130 Å². The number of piperidine rings is 1. The molecule has 110 valence electrons. The van der Waals surface area contributed by atoms with Crippen molar-refractivity contribution in [3.63, 3.8) is 0 Å². The Hall–Kier alpha value is -2.34. The van der Waals surface area contributed by atoms with Crippen LogP contribution in [-0.2, 0) is 0 Å². The molecule has 0 amide bonds. The van der Waals surface area contributed by atoms with Gasteiger partial charge >= 0.3 is 0 Å². The van der Waals surface area contributed by atoms with Crippen molar-refractivity contribution in [2.45, 2.75) is 19.3 Å². The Morgan fingerprint density at radius 3 is 2.23 bits per heavy atom. The second-order valence-corrected chi connectivity index (χ2v) is 6.16. The Kier molecular flexibility index (Phi) is 3.11. The molecule has 0 bridgehead atoms.